The predicted molar refractivity (Wildman–Crippen MR) is 88.8 cm³/mol. The number of carbonyl (C=O) groups is 2. The van der Waals surface area contributed by atoms with Gasteiger partial charge in [0.2, 0.25) is 0 Å². The van der Waals surface area contributed by atoms with E-state index < -0.39 is 5.97 Å². The third-order valence-electron chi connectivity index (χ3n) is 3.97. The first-order valence-corrected chi connectivity index (χ1v) is 7.56. The lowest BCUT2D eigenvalue weighted by atomic mass is 10.1. The molecule has 24 heavy (non-hydrogen) atoms. The van der Waals surface area contributed by atoms with Crippen LogP contribution in [0.4, 0.5) is 0 Å². The number of methoxy groups -OCH3 is 1. The Kier molecular flexibility index (Phi) is 4.37. The summed E-state index contributed by atoms with van der Waals surface area (Å²) in [4.78, 5) is 23.7. The normalized spacial score (nSPS) is 10.8. The van der Waals surface area contributed by atoms with Crippen molar-refractivity contribution in [3.05, 3.63) is 59.5 Å². The Morgan fingerprint density at radius 3 is 2.79 bits per heavy atom. The van der Waals surface area contributed by atoms with Crippen LogP contribution in [0, 0.1) is 6.92 Å². The molecular weight excluding hydrogens is 308 g/mol. The zero-order valence-electron chi connectivity index (χ0n) is 13.5. The van der Waals surface area contributed by atoms with E-state index in [1.165, 1.54) is 7.11 Å². The zero-order valence-corrected chi connectivity index (χ0v) is 13.5. The van der Waals surface area contributed by atoms with Gasteiger partial charge in [0.15, 0.2) is 5.58 Å². The van der Waals surface area contributed by atoms with Crippen molar-refractivity contribution in [2.24, 2.45) is 0 Å². The number of furan rings is 1. The number of benzene rings is 1. The van der Waals surface area contributed by atoms with E-state index >= 15 is 0 Å². The van der Waals surface area contributed by atoms with Crippen molar-refractivity contribution >= 4 is 23.0 Å². The summed E-state index contributed by atoms with van der Waals surface area (Å²) in [5, 5.41) is 2.57. The molecule has 0 bridgehead atoms. The minimum Gasteiger partial charge on any atom is -0.468 e. The van der Waals surface area contributed by atoms with Crippen LogP contribution in [-0.4, -0.2) is 30.1 Å². The van der Waals surface area contributed by atoms with Crippen LogP contribution >= 0.6 is 0 Å². The van der Waals surface area contributed by atoms with Gasteiger partial charge >= 0.3 is 5.97 Å². The molecule has 1 N–H and O–H groups in total. The highest BCUT2D eigenvalue weighted by Gasteiger charge is 2.18. The number of amides is 1. The summed E-state index contributed by atoms with van der Waals surface area (Å²) in [7, 11) is 1.28. The standard InChI is InChI=1S/C18H18N2O4/c1-12-5-3-4-6-13(12)11-20-14-7-8-24-16(14)9-15(20)18(22)19-10-17(21)23-2/h3-9H,10-11H2,1-2H3,(H,19,22). The van der Waals surface area contributed by atoms with Crippen LogP contribution in [0.1, 0.15) is 21.6 Å². The monoisotopic (exact) mass is 326 g/mol. The highest BCUT2D eigenvalue weighted by atomic mass is 16.5. The molecule has 1 amide bonds. The summed E-state index contributed by atoms with van der Waals surface area (Å²) >= 11 is 0. The number of hydrogen-bond donors (Lipinski definition) is 1. The molecule has 124 valence electrons. The minimum absolute atomic E-state index is 0.174. The highest BCUT2D eigenvalue weighted by molar-refractivity contribution is 5.98. The van der Waals surface area contributed by atoms with E-state index in [-0.39, 0.29) is 12.5 Å². The Morgan fingerprint density at radius 1 is 1.25 bits per heavy atom. The smallest absolute Gasteiger partial charge is 0.325 e. The van der Waals surface area contributed by atoms with Crippen molar-refractivity contribution in [2.75, 3.05) is 13.7 Å². The van der Waals surface area contributed by atoms with Gasteiger partial charge in [0.1, 0.15) is 12.2 Å². The van der Waals surface area contributed by atoms with E-state index in [0.717, 1.165) is 16.6 Å². The predicted octanol–water partition coefficient (Wildman–Crippen LogP) is 2.49. The van der Waals surface area contributed by atoms with Crippen LogP contribution in [0.25, 0.3) is 11.1 Å². The van der Waals surface area contributed by atoms with Crippen molar-refractivity contribution in [3.63, 3.8) is 0 Å². The summed E-state index contributed by atoms with van der Waals surface area (Å²) in [6.45, 7) is 2.39. The molecule has 0 saturated heterocycles. The average Bonchev–Trinajstić information content (AvgIpc) is 3.16. The first-order chi connectivity index (χ1) is 11.6. The molecule has 0 spiro atoms. The molecule has 2 aromatic heterocycles. The van der Waals surface area contributed by atoms with Gasteiger partial charge < -0.3 is 19.0 Å². The van der Waals surface area contributed by atoms with Crippen molar-refractivity contribution in [1.29, 1.82) is 0 Å². The van der Waals surface area contributed by atoms with Crippen LogP contribution < -0.4 is 5.32 Å². The Labute approximate surface area is 139 Å². The molecule has 0 aliphatic heterocycles. The van der Waals surface area contributed by atoms with E-state index in [1.807, 2.05) is 41.8 Å². The second-order valence-electron chi connectivity index (χ2n) is 5.47. The van der Waals surface area contributed by atoms with Gasteiger partial charge in [-0.25, -0.2) is 0 Å². The number of nitrogens with zero attached hydrogens (tertiary/aromatic N) is 1. The van der Waals surface area contributed by atoms with E-state index in [0.29, 0.717) is 17.8 Å². The molecule has 0 saturated carbocycles. The van der Waals surface area contributed by atoms with Gasteiger partial charge in [0.25, 0.3) is 5.91 Å². The van der Waals surface area contributed by atoms with Gasteiger partial charge in [-0.1, -0.05) is 24.3 Å². The fraction of sp³-hybridized carbons (Fsp3) is 0.222. The van der Waals surface area contributed by atoms with Gasteiger partial charge in [0, 0.05) is 18.7 Å². The van der Waals surface area contributed by atoms with Gasteiger partial charge in [-0.05, 0) is 18.1 Å². The Balaban J connectivity index is 1.93. The maximum Gasteiger partial charge on any atom is 0.325 e. The van der Waals surface area contributed by atoms with Gasteiger partial charge in [-0.2, -0.15) is 0 Å². The van der Waals surface area contributed by atoms with Gasteiger partial charge in [0.05, 0.1) is 18.9 Å². The summed E-state index contributed by atoms with van der Waals surface area (Å²) in [5.74, 6) is -0.843. The van der Waals surface area contributed by atoms with Crippen LogP contribution in [0.3, 0.4) is 0 Å². The molecule has 0 fully saturated rings. The number of carbonyl (C=O) groups excluding carboxylic acids is 2. The maximum absolute atomic E-state index is 12.4. The fourth-order valence-electron chi connectivity index (χ4n) is 2.61. The molecule has 0 radical (unpaired) electrons. The Hall–Kier alpha value is -3.02. The lowest BCUT2D eigenvalue weighted by Gasteiger charge is -2.12. The molecule has 0 unspecified atom stereocenters. The molecule has 3 rings (SSSR count). The second-order valence-corrected chi connectivity index (χ2v) is 5.47. The van der Waals surface area contributed by atoms with Crippen molar-refractivity contribution in [3.8, 4) is 0 Å². The number of nitrogens with one attached hydrogen (secondary N) is 1. The molecule has 0 atom stereocenters. The summed E-state index contributed by atoms with van der Waals surface area (Å²) in [6, 6.07) is 11.5. The minimum atomic E-state index is -0.496. The van der Waals surface area contributed by atoms with Gasteiger partial charge in [-0.3, -0.25) is 9.59 Å². The molecular formula is C18H18N2O4. The van der Waals surface area contributed by atoms with Crippen molar-refractivity contribution in [2.45, 2.75) is 13.5 Å². The zero-order chi connectivity index (χ0) is 17.1. The Bertz CT molecular complexity index is 891. The molecule has 0 aliphatic carbocycles. The number of aromatic nitrogens is 1. The quantitative estimate of drug-likeness (QED) is 0.731. The highest BCUT2D eigenvalue weighted by Crippen LogP contribution is 2.23. The van der Waals surface area contributed by atoms with E-state index in [1.54, 1.807) is 12.3 Å². The number of fused-ring (bicyclic) bond motifs is 1. The number of ether oxygens (including phenoxy) is 1. The van der Waals surface area contributed by atoms with Crippen LogP contribution in [0.15, 0.2) is 47.1 Å². The molecule has 6 heteroatoms. The molecule has 3 aromatic rings. The van der Waals surface area contributed by atoms with Crippen LogP contribution in [-0.2, 0) is 16.1 Å². The number of rotatable bonds is 5. The average molecular weight is 326 g/mol. The molecule has 0 aliphatic rings. The van der Waals surface area contributed by atoms with E-state index in [9.17, 15) is 9.59 Å². The van der Waals surface area contributed by atoms with E-state index in [2.05, 4.69) is 10.1 Å². The largest absolute Gasteiger partial charge is 0.468 e. The fourth-order valence-corrected chi connectivity index (χ4v) is 2.61. The number of hydrogen-bond acceptors (Lipinski definition) is 4. The first-order valence-electron chi connectivity index (χ1n) is 7.56. The lowest BCUT2D eigenvalue weighted by molar-refractivity contribution is -0.139. The molecule has 2 heterocycles. The van der Waals surface area contributed by atoms with Gasteiger partial charge in [-0.15, -0.1) is 0 Å². The summed E-state index contributed by atoms with van der Waals surface area (Å²) in [5.41, 5.74) is 4.16. The SMILES string of the molecule is COC(=O)CNC(=O)c1cc2occc2n1Cc1ccccc1C. The van der Waals surface area contributed by atoms with Crippen molar-refractivity contribution in [1.82, 2.24) is 9.88 Å². The number of aryl methyl sites for hydroxylation is 1. The third-order valence-corrected chi connectivity index (χ3v) is 3.97. The summed E-state index contributed by atoms with van der Waals surface area (Å²) in [6.07, 6.45) is 1.59. The number of esters is 1. The molecule has 6 nitrogen and oxygen atoms in total. The van der Waals surface area contributed by atoms with E-state index in [4.69, 9.17) is 4.42 Å². The topological polar surface area (TPSA) is 73.5 Å². The second kappa shape index (κ2) is 6.62. The maximum atomic E-state index is 12.4. The lowest BCUT2D eigenvalue weighted by Crippen LogP contribution is -2.31. The van der Waals surface area contributed by atoms with Crippen LogP contribution in [0.2, 0.25) is 0 Å². The van der Waals surface area contributed by atoms with Crippen LogP contribution in [0.5, 0.6) is 0 Å². The Morgan fingerprint density at radius 2 is 2.04 bits per heavy atom. The third kappa shape index (κ3) is 3.03. The first kappa shape index (κ1) is 15.9. The van der Waals surface area contributed by atoms with Crippen molar-refractivity contribution < 1.29 is 18.7 Å². The molecule has 1 aromatic carbocycles. The summed E-state index contributed by atoms with van der Waals surface area (Å²) < 4.78 is 11.8.